The Morgan fingerprint density at radius 3 is 3.12 bits per heavy atom. The molecule has 3 N–H and O–H groups in total. The molecule has 1 amide bonds. The smallest absolute Gasteiger partial charge is 0.291 e. The number of carbonyl (C=O) groups is 1. The molecule has 2 aromatic heterocycles. The second-order valence-electron chi connectivity index (χ2n) is 3.63. The van der Waals surface area contributed by atoms with Gasteiger partial charge in [-0.3, -0.25) is 4.79 Å². The van der Waals surface area contributed by atoms with Crippen LogP contribution in [0.3, 0.4) is 0 Å². The van der Waals surface area contributed by atoms with Crippen molar-refractivity contribution in [2.45, 2.75) is 13.3 Å². The highest BCUT2D eigenvalue weighted by Gasteiger charge is 2.13. The molecule has 2 heterocycles. The number of carbonyl (C=O) groups excluding carboxylic acids is 1. The van der Waals surface area contributed by atoms with Gasteiger partial charge in [-0.25, -0.2) is 9.50 Å². The average Bonchev–Trinajstić information content (AvgIpc) is 2.75. The Balaban J connectivity index is 2.19. The zero-order chi connectivity index (χ0) is 12.3. The summed E-state index contributed by atoms with van der Waals surface area (Å²) >= 11 is 0. The lowest BCUT2D eigenvalue weighted by atomic mass is 10.4. The van der Waals surface area contributed by atoms with Crippen LogP contribution in [-0.4, -0.2) is 38.6 Å². The number of nitrogens with one attached hydrogen (secondary N) is 1. The summed E-state index contributed by atoms with van der Waals surface area (Å²) in [6.45, 7) is 2.94. The quantitative estimate of drug-likeness (QED) is 0.696. The van der Waals surface area contributed by atoms with Crippen LogP contribution < -0.4 is 11.1 Å². The van der Waals surface area contributed by atoms with Gasteiger partial charge < -0.3 is 11.1 Å². The fraction of sp³-hybridized carbons (Fsp3) is 0.400. The number of aromatic nitrogens is 4. The van der Waals surface area contributed by atoms with Gasteiger partial charge in [-0.1, -0.05) is 0 Å². The van der Waals surface area contributed by atoms with Gasteiger partial charge in [0.05, 0.1) is 0 Å². The predicted octanol–water partition coefficient (Wildman–Crippen LogP) is -0.489. The topological polar surface area (TPSA) is 98.2 Å². The molecule has 0 spiro atoms. The van der Waals surface area contributed by atoms with Crippen LogP contribution in [-0.2, 0) is 0 Å². The summed E-state index contributed by atoms with van der Waals surface area (Å²) in [6.07, 6.45) is 2.37. The molecule has 0 aromatic carbocycles. The highest BCUT2D eigenvalue weighted by atomic mass is 16.2. The molecule has 90 valence electrons. The van der Waals surface area contributed by atoms with E-state index in [2.05, 4.69) is 20.4 Å². The third-order valence-corrected chi connectivity index (χ3v) is 2.30. The lowest BCUT2D eigenvalue weighted by Crippen LogP contribution is -2.27. The maximum absolute atomic E-state index is 11.7. The summed E-state index contributed by atoms with van der Waals surface area (Å²) in [6, 6.07) is 1.80. The van der Waals surface area contributed by atoms with E-state index in [-0.39, 0.29) is 11.7 Å². The lowest BCUT2D eigenvalue weighted by molar-refractivity contribution is 0.0943. The summed E-state index contributed by atoms with van der Waals surface area (Å²) in [7, 11) is 0. The van der Waals surface area contributed by atoms with Crippen LogP contribution in [0.15, 0.2) is 12.3 Å². The van der Waals surface area contributed by atoms with E-state index in [0.29, 0.717) is 18.9 Å². The Labute approximate surface area is 98.1 Å². The van der Waals surface area contributed by atoms with Crippen molar-refractivity contribution in [1.29, 1.82) is 0 Å². The fourth-order valence-electron chi connectivity index (χ4n) is 1.39. The van der Waals surface area contributed by atoms with E-state index in [1.807, 2.05) is 6.92 Å². The maximum atomic E-state index is 11.7. The van der Waals surface area contributed by atoms with Crippen molar-refractivity contribution in [1.82, 2.24) is 24.9 Å². The van der Waals surface area contributed by atoms with Crippen molar-refractivity contribution >= 4 is 11.7 Å². The Kier molecular flexibility index (Phi) is 3.29. The molecule has 2 aromatic rings. The minimum Gasteiger partial charge on any atom is -0.349 e. The highest BCUT2D eigenvalue weighted by Crippen LogP contribution is 2.01. The number of fused-ring (bicyclic) bond motifs is 1. The van der Waals surface area contributed by atoms with Gasteiger partial charge in [-0.2, -0.15) is 4.98 Å². The standard InChI is InChI=1S/C10H14N6O/c1-7-3-6-13-10-14-8(15-16(7)10)9(17)12-5-2-4-11/h3,6H,2,4-5,11H2,1H3,(H,12,17). The van der Waals surface area contributed by atoms with E-state index in [0.717, 1.165) is 12.1 Å². The van der Waals surface area contributed by atoms with Crippen molar-refractivity contribution in [3.8, 4) is 0 Å². The Morgan fingerprint density at radius 2 is 2.41 bits per heavy atom. The zero-order valence-electron chi connectivity index (χ0n) is 9.55. The van der Waals surface area contributed by atoms with E-state index in [9.17, 15) is 4.79 Å². The van der Waals surface area contributed by atoms with Gasteiger partial charge >= 0.3 is 0 Å². The van der Waals surface area contributed by atoms with Gasteiger partial charge in [0.15, 0.2) is 0 Å². The molecule has 0 saturated heterocycles. The summed E-state index contributed by atoms with van der Waals surface area (Å²) in [5, 5.41) is 6.79. The van der Waals surface area contributed by atoms with E-state index < -0.39 is 0 Å². The van der Waals surface area contributed by atoms with Gasteiger partial charge in [0, 0.05) is 18.4 Å². The van der Waals surface area contributed by atoms with Crippen LogP contribution in [0.5, 0.6) is 0 Å². The number of nitrogens with zero attached hydrogens (tertiary/aromatic N) is 4. The predicted molar refractivity (Wildman–Crippen MR) is 61.5 cm³/mol. The molecule has 0 bridgehead atoms. The molecule has 0 radical (unpaired) electrons. The molecule has 0 aliphatic carbocycles. The van der Waals surface area contributed by atoms with E-state index >= 15 is 0 Å². The molecular weight excluding hydrogens is 220 g/mol. The molecule has 0 saturated carbocycles. The number of hydrogen-bond acceptors (Lipinski definition) is 5. The fourth-order valence-corrected chi connectivity index (χ4v) is 1.39. The SMILES string of the molecule is Cc1ccnc2nc(C(=O)NCCCN)nn12. The van der Waals surface area contributed by atoms with Crippen LogP contribution in [0.4, 0.5) is 0 Å². The lowest BCUT2D eigenvalue weighted by Gasteiger charge is -1.99. The summed E-state index contributed by atoms with van der Waals surface area (Å²) in [5.74, 6) is 0.251. The summed E-state index contributed by atoms with van der Waals surface area (Å²) in [5.41, 5.74) is 6.22. The summed E-state index contributed by atoms with van der Waals surface area (Å²) in [4.78, 5) is 19.8. The third-order valence-electron chi connectivity index (χ3n) is 2.30. The van der Waals surface area contributed by atoms with Crippen molar-refractivity contribution in [3.63, 3.8) is 0 Å². The Morgan fingerprint density at radius 1 is 1.59 bits per heavy atom. The molecule has 0 aliphatic heterocycles. The minimum absolute atomic E-state index is 0.129. The van der Waals surface area contributed by atoms with Gasteiger partial charge in [0.1, 0.15) is 0 Å². The molecule has 0 fully saturated rings. The van der Waals surface area contributed by atoms with Crippen molar-refractivity contribution < 1.29 is 4.79 Å². The largest absolute Gasteiger partial charge is 0.349 e. The van der Waals surface area contributed by atoms with Crippen molar-refractivity contribution in [2.75, 3.05) is 13.1 Å². The van der Waals surface area contributed by atoms with Crippen LogP contribution in [0.1, 0.15) is 22.7 Å². The number of nitrogens with two attached hydrogens (primary N) is 1. The Bertz CT molecular complexity index is 535. The molecule has 17 heavy (non-hydrogen) atoms. The monoisotopic (exact) mass is 234 g/mol. The number of rotatable bonds is 4. The molecule has 0 unspecified atom stereocenters. The number of aryl methyl sites for hydroxylation is 1. The molecule has 0 aliphatic rings. The third kappa shape index (κ3) is 2.39. The van der Waals surface area contributed by atoms with Gasteiger partial charge in [-0.15, -0.1) is 5.10 Å². The van der Waals surface area contributed by atoms with Crippen LogP contribution in [0, 0.1) is 6.92 Å². The normalized spacial score (nSPS) is 10.7. The van der Waals surface area contributed by atoms with Crippen molar-refractivity contribution in [3.05, 3.63) is 23.8 Å². The Hall–Kier alpha value is -2.02. The summed E-state index contributed by atoms with van der Waals surface area (Å²) < 4.78 is 1.54. The first-order valence-electron chi connectivity index (χ1n) is 5.39. The van der Waals surface area contributed by atoms with E-state index in [1.54, 1.807) is 12.3 Å². The first-order chi connectivity index (χ1) is 8.22. The first kappa shape index (κ1) is 11.5. The van der Waals surface area contributed by atoms with Crippen LogP contribution in [0.2, 0.25) is 0 Å². The zero-order valence-corrected chi connectivity index (χ0v) is 9.55. The molecule has 2 rings (SSSR count). The second-order valence-corrected chi connectivity index (χ2v) is 3.63. The average molecular weight is 234 g/mol. The van der Waals surface area contributed by atoms with Gasteiger partial charge in [-0.05, 0) is 26.0 Å². The number of hydrogen-bond donors (Lipinski definition) is 2. The highest BCUT2D eigenvalue weighted by molar-refractivity contribution is 5.90. The molecule has 7 heteroatoms. The molecule has 7 nitrogen and oxygen atoms in total. The second kappa shape index (κ2) is 4.88. The molecule has 0 atom stereocenters. The van der Waals surface area contributed by atoms with Crippen molar-refractivity contribution in [2.24, 2.45) is 5.73 Å². The first-order valence-corrected chi connectivity index (χ1v) is 5.39. The van der Waals surface area contributed by atoms with E-state index in [4.69, 9.17) is 5.73 Å². The molecular formula is C10H14N6O. The number of amides is 1. The minimum atomic E-state index is -0.302. The van der Waals surface area contributed by atoms with Gasteiger partial charge in [0.25, 0.3) is 11.7 Å². The van der Waals surface area contributed by atoms with Gasteiger partial charge in [0.2, 0.25) is 5.82 Å². The van der Waals surface area contributed by atoms with Crippen LogP contribution in [0.25, 0.3) is 5.78 Å². The van der Waals surface area contributed by atoms with E-state index in [1.165, 1.54) is 4.52 Å². The maximum Gasteiger partial charge on any atom is 0.291 e. The van der Waals surface area contributed by atoms with Crippen LogP contribution >= 0.6 is 0 Å².